The minimum absolute atomic E-state index is 0.0255. The predicted octanol–water partition coefficient (Wildman–Crippen LogP) is 1.93. The van der Waals surface area contributed by atoms with Crippen molar-refractivity contribution >= 4 is 17.5 Å². The molecule has 2 aliphatic heterocycles. The third-order valence-electron chi connectivity index (χ3n) is 5.54. The highest BCUT2D eigenvalue weighted by Gasteiger charge is 2.31. The summed E-state index contributed by atoms with van der Waals surface area (Å²) < 4.78 is 0. The summed E-state index contributed by atoms with van der Waals surface area (Å²) in [5.41, 5.74) is 2.46. The number of allylic oxidation sites excluding steroid dienone is 1. The van der Waals surface area contributed by atoms with Gasteiger partial charge in [-0.3, -0.25) is 14.5 Å². The largest absolute Gasteiger partial charge is 0.371 e. The van der Waals surface area contributed by atoms with Gasteiger partial charge in [0.15, 0.2) is 0 Å². The maximum absolute atomic E-state index is 12.6. The van der Waals surface area contributed by atoms with Gasteiger partial charge in [-0.05, 0) is 38.8 Å². The van der Waals surface area contributed by atoms with Crippen LogP contribution in [0.2, 0.25) is 0 Å². The van der Waals surface area contributed by atoms with Gasteiger partial charge in [0.25, 0.3) is 0 Å². The number of benzene rings is 1. The molecule has 1 aromatic rings. The monoisotopic (exact) mass is 384 g/mol. The summed E-state index contributed by atoms with van der Waals surface area (Å²) in [5.74, 6) is -0.0649. The van der Waals surface area contributed by atoms with E-state index in [2.05, 4.69) is 50.8 Å². The van der Waals surface area contributed by atoms with E-state index >= 15 is 0 Å². The van der Waals surface area contributed by atoms with Crippen molar-refractivity contribution in [2.24, 2.45) is 0 Å². The predicted molar refractivity (Wildman–Crippen MR) is 112 cm³/mol. The fourth-order valence-corrected chi connectivity index (χ4v) is 3.89. The number of nitrogens with one attached hydrogen (secondary N) is 2. The number of nitrogens with zero attached hydrogens (tertiary/aromatic N) is 2. The van der Waals surface area contributed by atoms with Gasteiger partial charge in [0.2, 0.25) is 11.8 Å². The molecule has 152 valence electrons. The van der Waals surface area contributed by atoms with Crippen LogP contribution in [0.1, 0.15) is 33.1 Å². The summed E-state index contributed by atoms with van der Waals surface area (Å²) in [6.45, 7) is 8.11. The standard InChI is InChI=1S/C22H32N4O2/c1-17(2)8-12-26-15-11-23-22(28)20(26)16-21(27)24-18-9-13-25(14-10-18)19-6-4-3-5-7-19/h3-8,18,20H,9-16H2,1-2H3,(H,23,28)(H,24,27). The average Bonchev–Trinajstić information content (AvgIpc) is 2.69. The van der Waals surface area contributed by atoms with Gasteiger partial charge in [-0.1, -0.05) is 29.8 Å². The van der Waals surface area contributed by atoms with Crippen molar-refractivity contribution in [2.45, 2.75) is 45.2 Å². The Labute approximate surface area is 168 Å². The molecule has 1 atom stereocenters. The lowest BCUT2D eigenvalue weighted by molar-refractivity contribution is -0.133. The molecule has 2 heterocycles. The number of carbonyl (C=O) groups excluding carboxylic acids is 2. The van der Waals surface area contributed by atoms with Crippen molar-refractivity contribution in [3.8, 4) is 0 Å². The van der Waals surface area contributed by atoms with Crippen LogP contribution in [0.25, 0.3) is 0 Å². The topological polar surface area (TPSA) is 64.7 Å². The second kappa shape index (κ2) is 9.73. The Bertz CT molecular complexity index is 692. The van der Waals surface area contributed by atoms with E-state index < -0.39 is 0 Å². The Morgan fingerprint density at radius 1 is 1.18 bits per heavy atom. The molecule has 1 unspecified atom stereocenters. The SMILES string of the molecule is CC(C)=CCN1CCNC(=O)C1CC(=O)NC1CCN(c2ccccc2)CC1. The maximum Gasteiger partial charge on any atom is 0.237 e. The summed E-state index contributed by atoms with van der Waals surface area (Å²) in [4.78, 5) is 29.4. The fourth-order valence-electron chi connectivity index (χ4n) is 3.89. The summed E-state index contributed by atoms with van der Waals surface area (Å²) in [7, 11) is 0. The minimum Gasteiger partial charge on any atom is -0.371 e. The molecule has 6 nitrogen and oxygen atoms in total. The second-order valence-corrected chi connectivity index (χ2v) is 7.95. The number of para-hydroxylation sites is 1. The molecule has 6 heteroatoms. The number of piperidine rings is 1. The van der Waals surface area contributed by atoms with Crippen molar-refractivity contribution in [1.82, 2.24) is 15.5 Å². The van der Waals surface area contributed by atoms with E-state index in [1.54, 1.807) is 0 Å². The number of anilines is 1. The van der Waals surface area contributed by atoms with Crippen LogP contribution in [0.5, 0.6) is 0 Å². The zero-order chi connectivity index (χ0) is 19.9. The number of hydrogen-bond donors (Lipinski definition) is 2. The maximum atomic E-state index is 12.6. The van der Waals surface area contributed by atoms with Gasteiger partial charge in [0.1, 0.15) is 0 Å². The number of carbonyl (C=O) groups is 2. The van der Waals surface area contributed by atoms with Gasteiger partial charge in [-0.25, -0.2) is 0 Å². The van der Waals surface area contributed by atoms with E-state index in [1.807, 2.05) is 19.9 Å². The van der Waals surface area contributed by atoms with Crippen LogP contribution in [0.15, 0.2) is 42.0 Å². The lowest BCUT2D eigenvalue weighted by atomic mass is 10.0. The van der Waals surface area contributed by atoms with E-state index in [4.69, 9.17) is 0 Å². The molecule has 0 spiro atoms. The molecule has 3 rings (SSSR count). The van der Waals surface area contributed by atoms with Crippen LogP contribution in [0, 0.1) is 0 Å². The van der Waals surface area contributed by atoms with Crippen molar-refractivity contribution in [2.75, 3.05) is 37.6 Å². The van der Waals surface area contributed by atoms with Crippen molar-refractivity contribution in [1.29, 1.82) is 0 Å². The first kappa shape index (κ1) is 20.4. The highest BCUT2D eigenvalue weighted by molar-refractivity contribution is 5.89. The first-order valence-electron chi connectivity index (χ1n) is 10.3. The first-order valence-corrected chi connectivity index (χ1v) is 10.3. The van der Waals surface area contributed by atoms with Crippen LogP contribution in [-0.2, 0) is 9.59 Å². The molecular formula is C22H32N4O2. The van der Waals surface area contributed by atoms with E-state index in [9.17, 15) is 9.59 Å². The van der Waals surface area contributed by atoms with Gasteiger partial charge in [-0.15, -0.1) is 0 Å². The Balaban J connectivity index is 1.49. The molecule has 0 bridgehead atoms. The van der Waals surface area contributed by atoms with E-state index in [1.165, 1.54) is 11.3 Å². The fraction of sp³-hybridized carbons (Fsp3) is 0.545. The summed E-state index contributed by atoms with van der Waals surface area (Å²) in [6.07, 6.45) is 4.20. The van der Waals surface area contributed by atoms with Gasteiger partial charge in [0.05, 0.1) is 12.5 Å². The molecule has 0 radical (unpaired) electrons. The van der Waals surface area contributed by atoms with E-state index in [0.717, 1.165) is 32.5 Å². The van der Waals surface area contributed by atoms with Crippen LogP contribution >= 0.6 is 0 Å². The number of hydrogen-bond acceptors (Lipinski definition) is 4. The molecule has 2 fully saturated rings. The normalized spacial score (nSPS) is 21.1. The first-order chi connectivity index (χ1) is 13.5. The smallest absolute Gasteiger partial charge is 0.237 e. The molecule has 0 aromatic heterocycles. The Hall–Kier alpha value is -2.34. The van der Waals surface area contributed by atoms with E-state index in [0.29, 0.717) is 13.1 Å². The number of rotatable bonds is 6. The van der Waals surface area contributed by atoms with Crippen LogP contribution in [0.4, 0.5) is 5.69 Å². The number of piperazine rings is 1. The molecule has 0 saturated carbocycles. The molecule has 2 aliphatic rings. The highest BCUT2D eigenvalue weighted by atomic mass is 16.2. The molecule has 1 aromatic carbocycles. The molecule has 2 saturated heterocycles. The Kier molecular flexibility index (Phi) is 7.09. The highest BCUT2D eigenvalue weighted by Crippen LogP contribution is 2.19. The van der Waals surface area contributed by atoms with Crippen molar-refractivity contribution in [3.05, 3.63) is 42.0 Å². The number of amides is 2. The molecular weight excluding hydrogens is 352 g/mol. The average molecular weight is 385 g/mol. The van der Waals surface area contributed by atoms with Crippen LogP contribution in [0.3, 0.4) is 0 Å². The lowest BCUT2D eigenvalue weighted by Crippen LogP contribution is -2.57. The van der Waals surface area contributed by atoms with E-state index in [-0.39, 0.29) is 30.3 Å². The van der Waals surface area contributed by atoms with Gasteiger partial charge in [-0.2, -0.15) is 0 Å². The Morgan fingerprint density at radius 3 is 2.57 bits per heavy atom. The quantitative estimate of drug-likeness (QED) is 0.736. The summed E-state index contributed by atoms with van der Waals surface area (Å²) in [6, 6.07) is 10.2. The van der Waals surface area contributed by atoms with Crippen LogP contribution < -0.4 is 15.5 Å². The summed E-state index contributed by atoms with van der Waals surface area (Å²) in [5, 5.41) is 6.05. The summed E-state index contributed by atoms with van der Waals surface area (Å²) >= 11 is 0. The van der Waals surface area contributed by atoms with Gasteiger partial charge in [0, 0.05) is 44.5 Å². The van der Waals surface area contributed by atoms with Gasteiger partial charge >= 0.3 is 0 Å². The van der Waals surface area contributed by atoms with Crippen molar-refractivity contribution < 1.29 is 9.59 Å². The zero-order valence-electron chi connectivity index (χ0n) is 17.0. The lowest BCUT2D eigenvalue weighted by Gasteiger charge is -2.36. The molecule has 2 amide bonds. The molecule has 0 aliphatic carbocycles. The molecule has 2 N–H and O–H groups in total. The molecule has 28 heavy (non-hydrogen) atoms. The van der Waals surface area contributed by atoms with Gasteiger partial charge < -0.3 is 15.5 Å². The van der Waals surface area contributed by atoms with Crippen LogP contribution in [-0.4, -0.2) is 61.5 Å². The van der Waals surface area contributed by atoms with Crippen molar-refractivity contribution in [3.63, 3.8) is 0 Å². The minimum atomic E-state index is -0.381. The second-order valence-electron chi connectivity index (χ2n) is 7.95. The third kappa shape index (κ3) is 5.58. The zero-order valence-corrected chi connectivity index (χ0v) is 17.0. The third-order valence-corrected chi connectivity index (χ3v) is 5.54. The Morgan fingerprint density at radius 2 is 1.89 bits per heavy atom.